The number of furan rings is 1. The van der Waals surface area contributed by atoms with E-state index in [1.807, 2.05) is 12.1 Å². The van der Waals surface area contributed by atoms with Gasteiger partial charge in [0, 0.05) is 18.3 Å². The zero-order valence-corrected chi connectivity index (χ0v) is 12.0. The number of hydrogen-bond donors (Lipinski definition) is 1. The maximum absolute atomic E-state index is 6.27. The van der Waals surface area contributed by atoms with Crippen LogP contribution in [0, 0.1) is 0 Å². The van der Waals surface area contributed by atoms with E-state index in [9.17, 15) is 0 Å². The number of para-hydroxylation sites is 1. The second-order valence-electron chi connectivity index (χ2n) is 5.60. The van der Waals surface area contributed by atoms with Gasteiger partial charge in [0.15, 0.2) is 0 Å². The third-order valence-electron chi connectivity index (χ3n) is 4.06. The Morgan fingerprint density at radius 1 is 1.15 bits per heavy atom. The molecule has 1 aromatic heterocycles. The van der Waals surface area contributed by atoms with Gasteiger partial charge in [0.1, 0.15) is 11.8 Å². The van der Waals surface area contributed by atoms with Gasteiger partial charge in [0.2, 0.25) is 0 Å². The van der Waals surface area contributed by atoms with Gasteiger partial charge in [-0.05, 0) is 49.9 Å². The molecule has 0 spiro atoms. The molecular weight excluding hydrogens is 248 g/mol. The molecule has 0 fully saturated rings. The van der Waals surface area contributed by atoms with E-state index in [1.165, 1.54) is 24.1 Å². The molecule has 3 rings (SSSR count). The number of anilines is 1. The molecule has 106 valence electrons. The summed E-state index contributed by atoms with van der Waals surface area (Å²) >= 11 is 0. The van der Waals surface area contributed by atoms with Crippen molar-refractivity contribution in [2.45, 2.75) is 38.3 Å². The third-order valence-corrected chi connectivity index (χ3v) is 4.06. The minimum absolute atomic E-state index is 0.0207. The molecule has 0 bridgehead atoms. The van der Waals surface area contributed by atoms with Crippen LogP contribution in [0.1, 0.15) is 37.1 Å². The van der Waals surface area contributed by atoms with Crippen LogP contribution in [0.25, 0.3) is 0 Å². The first kappa shape index (κ1) is 13.3. The molecule has 0 saturated carbocycles. The highest BCUT2D eigenvalue weighted by molar-refractivity contribution is 5.56. The lowest BCUT2D eigenvalue weighted by Crippen LogP contribution is -2.40. The van der Waals surface area contributed by atoms with Crippen molar-refractivity contribution in [3.05, 3.63) is 54.0 Å². The average molecular weight is 270 g/mol. The highest BCUT2D eigenvalue weighted by atomic mass is 16.3. The topological polar surface area (TPSA) is 42.4 Å². The molecule has 3 heteroatoms. The van der Waals surface area contributed by atoms with Crippen LogP contribution in [0.3, 0.4) is 0 Å². The first-order valence-electron chi connectivity index (χ1n) is 7.41. The van der Waals surface area contributed by atoms with Crippen molar-refractivity contribution in [1.82, 2.24) is 0 Å². The highest BCUT2D eigenvalue weighted by Gasteiger charge is 2.28. The summed E-state index contributed by atoms with van der Waals surface area (Å²) in [6, 6.07) is 12.8. The van der Waals surface area contributed by atoms with Crippen molar-refractivity contribution in [2.24, 2.45) is 5.73 Å². The van der Waals surface area contributed by atoms with E-state index >= 15 is 0 Å². The van der Waals surface area contributed by atoms with Crippen molar-refractivity contribution in [3.8, 4) is 0 Å². The number of hydrogen-bond acceptors (Lipinski definition) is 3. The minimum atomic E-state index is 0.0207. The van der Waals surface area contributed by atoms with Crippen LogP contribution in [0.15, 0.2) is 47.1 Å². The number of nitrogens with two attached hydrogens (primary N) is 1. The van der Waals surface area contributed by atoms with Crippen molar-refractivity contribution in [1.29, 1.82) is 0 Å². The zero-order valence-electron chi connectivity index (χ0n) is 12.0. The van der Waals surface area contributed by atoms with Gasteiger partial charge >= 0.3 is 0 Å². The first-order chi connectivity index (χ1) is 9.77. The lowest BCUT2D eigenvalue weighted by Gasteiger charge is -2.35. The van der Waals surface area contributed by atoms with Gasteiger partial charge in [0.05, 0.1) is 6.26 Å². The maximum atomic E-state index is 6.27. The molecular formula is C17H22N2O. The Kier molecular flexibility index (Phi) is 3.79. The summed E-state index contributed by atoms with van der Waals surface area (Å²) in [4.78, 5) is 2.42. The molecule has 20 heavy (non-hydrogen) atoms. The largest absolute Gasteiger partial charge is 0.467 e. The molecule has 2 unspecified atom stereocenters. The van der Waals surface area contributed by atoms with Gasteiger partial charge in [-0.15, -0.1) is 0 Å². The van der Waals surface area contributed by atoms with Crippen molar-refractivity contribution < 1.29 is 4.42 Å². The lowest BCUT2D eigenvalue weighted by molar-refractivity contribution is 0.412. The van der Waals surface area contributed by atoms with Crippen LogP contribution in [-0.2, 0) is 6.42 Å². The maximum Gasteiger partial charge on any atom is 0.127 e. The molecule has 0 saturated heterocycles. The molecule has 2 N–H and O–H groups in total. The molecule has 1 aliphatic rings. The summed E-state index contributed by atoms with van der Waals surface area (Å²) in [6.45, 7) is 3.09. The quantitative estimate of drug-likeness (QED) is 0.928. The van der Waals surface area contributed by atoms with Gasteiger partial charge in [-0.25, -0.2) is 0 Å². The summed E-state index contributed by atoms with van der Waals surface area (Å²) in [7, 11) is 0. The molecule has 3 nitrogen and oxygen atoms in total. The van der Waals surface area contributed by atoms with Crippen molar-refractivity contribution in [2.75, 3.05) is 11.4 Å². The smallest absolute Gasteiger partial charge is 0.127 e. The van der Waals surface area contributed by atoms with Gasteiger partial charge in [-0.1, -0.05) is 18.2 Å². The van der Waals surface area contributed by atoms with Crippen molar-refractivity contribution in [3.63, 3.8) is 0 Å². The Morgan fingerprint density at radius 3 is 2.75 bits per heavy atom. The van der Waals surface area contributed by atoms with E-state index in [2.05, 4.69) is 36.1 Å². The molecule has 1 aliphatic heterocycles. The fraction of sp³-hybridized carbons (Fsp3) is 0.412. The summed E-state index contributed by atoms with van der Waals surface area (Å²) in [5, 5.41) is 0. The zero-order chi connectivity index (χ0) is 13.9. The van der Waals surface area contributed by atoms with Gasteiger partial charge in [-0.2, -0.15) is 0 Å². The van der Waals surface area contributed by atoms with Crippen LogP contribution in [-0.4, -0.2) is 12.6 Å². The second kappa shape index (κ2) is 5.71. The van der Waals surface area contributed by atoms with E-state index in [0.29, 0.717) is 0 Å². The Balaban J connectivity index is 2.02. The summed E-state index contributed by atoms with van der Waals surface area (Å²) in [5.41, 5.74) is 8.99. The van der Waals surface area contributed by atoms with Crippen LogP contribution in [0.4, 0.5) is 5.69 Å². The first-order valence-corrected chi connectivity index (χ1v) is 7.41. The average Bonchev–Trinajstić information content (AvgIpc) is 2.87. The molecule has 0 amide bonds. The van der Waals surface area contributed by atoms with Crippen LogP contribution >= 0.6 is 0 Å². The van der Waals surface area contributed by atoms with E-state index in [4.69, 9.17) is 10.2 Å². The Hall–Kier alpha value is -1.74. The van der Waals surface area contributed by atoms with Crippen molar-refractivity contribution >= 4 is 5.69 Å². The molecule has 0 radical (unpaired) electrons. The van der Waals surface area contributed by atoms with Crippen LogP contribution in [0.2, 0.25) is 0 Å². The fourth-order valence-corrected chi connectivity index (χ4v) is 3.17. The van der Waals surface area contributed by atoms with E-state index in [-0.39, 0.29) is 12.1 Å². The third kappa shape index (κ3) is 2.46. The van der Waals surface area contributed by atoms with Gasteiger partial charge in [0.25, 0.3) is 0 Å². The molecule has 2 heterocycles. The summed E-state index contributed by atoms with van der Waals surface area (Å²) in [5.74, 6) is 0.955. The highest BCUT2D eigenvalue weighted by Crippen LogP contribution is 2.34. The van der Waals surface area contributed by atoms with Crippen LogP contribution in [0.5, 0.6) is 0 Å². The van der Waals surface area contributed by atoms with E-state index < -0.39 is 0 Å². The van der Waals surface area contributed by atoms with Gasteiger partial charge in [-0.3, -0.25) is 0 Å². The lowest BCUT2D eigenvalue weighted by atomic mass is 10.0. The normalized spacial score (nSPS) is 18.2. The standard InChI is InChI=1S/C17H22N2O/c1-13(18)17(16-10-6-12-20-16)19-11-5-4-8-14-7-2-3-9-15(14)19/h2-3,6-7,9-10,12-13,17H,4-5,8,11,18H2,1H3. The van der Waals surface area contributed by atoms with E-state index in [1.54, 1.807) is 6.26 Å². The predicted octanol–water partition coefficient (Wildman–Crippen LogP) is 3.51. The monoisotopic (exact) mass is 270 g/mol. The molecule has 0 aliphatic carbocycles. The fourth-order valence-electron chi connectivity index (χ4n) is 3.17. The predicted molar refractivity (Wildman–Crippen MR) is 81.8 cm³/mol. The minimum Gasteiger partial charge on any atom is -0.467 e. The summed E-state index contributed by atoms with van der Waals surface area (Å²) < 4.78 is 5.64. The van der Waals surface area contributed by atoms with E-state index in [0.717, 1.165) is 18.7 Å². The number of aryl methyl sites for hydroxylation is 1. The van der Waals surface area contributed by atoms with Crippen LogP contribution < -0.4 is 10.6 Å². The number of nitrogens with zero attached hydrogens (tertiary/aromatic N) is 1. The molecule has 2 aromatic rings. The van der Waals surface area contributed by atoms with Gasteiger partial charge < -0.3 is 15.1 Å². The number of rotatable bonds is 3. The molecule has 1 aromatic carbocycles. The Bertz CT molecular complexity index is 548. The second-order valence-corrected chi connectivity index (χ2v) is 5.60. The summed E-state index contributed by atoms with van der Waals surface area (Å²) in [6.07, 6.45) is 5.31. The number of fused-ring (bicyclic) bond motifs is 1. The molecule has 2 atom stereocenters. The SMILES string of the molecule is CC(N)C(c1ccco1)N1CCCCc2ccccc21. The number of benzene rings is 1. The Labute approximate surface area is 120 Å². The Morgan fingerprint density at radius 2 is 2.00 bits per heavy atom.